The highest BCUT2D eigenvalue weighted by Gasteiger charge is 2.22. The molecule has 0 radical (unpaired) electrons. The molecular weight excluding hydrogens is 188 g/mol. The Morgan fingerprint density at radius 1 is 1.53 bits per heavy atom. The first-order chi connectivity index (χ1) is 7.09. The zero-order chi connectivity index (χ0) is 11.3. The van der Waals surface area contributed by atoms with E-state index in [2.05, 4.69) is 24.1 Å². The average Bonchev–Trinajstić information content (AvgIpc) is 2.15. The van der Waals surface area contributed by atoms with Crippen molar-refractivity contribution in [1.29, 1.82) is 0 Å². The molecule has 88 valence electrons. The maximum Gasteiger partial charge on any atom is 0.131 e. The molecule has 1 heterocycles. The topological polar surface area (TPSA) is 32.3 Å². The fourth-order valence-corrected chi connectivity index (χ4v) is 2.17. The molecule has 1 atom stereocenters. The smallest absolute Gasteiger partial charge is 0.131 e. The predicted molar refractivity (Wildman–Crippen MR) is 63.0 cm³/mol. The molecule has 0 bridgehead atoms. The molecular formula is C12H24N2O. The summed E-state index contributed by atoms with van der Waals surface area (Å²) in [6.07, 6.45) is 1.93. The van der Waals surface area contributed by atoms with Gasteiger partial charge in [0.05, 0.1) is 0 Å². The van der Waals surface area contributed by atoms with Gasteiger partial charge in [0, 0.05) is 38.6 Å². The van der Waals surface area contributed by atoms with E-state index in [1.807, 2.05) is 0 Å². The molecule has 1 saturated heterocycles. The molecule has 0 aromatic rings. The Hall–Kier alpha value is -0.410. The van der Waals surface area contributed by atoms with Gasteiger partial charge >= 0.3 is 0 Å². The molecule has 1 aliphatic rings. The van der Waals surface area contributed by atoms with Crippen molar-refractivity contribution in [2.45, 2.75) is 39.7 Å². The van der Waals surface area contributed by atoms with E-state index in [0.29, 0.717) is 18.2 Å². The average molecular weight is 212 g/mol. The number of carbonyl (C=O) groups excluding carboxylic acids is 1. The monoisotopic (exact) mass is 212 g/mol. The maximum atomic E-state index is 11.0. The Balaban J connectivity index is 2.38. The van der Waals surface area contributed by atoms with Crippen molar-refractivity contribution in [1.82, 2.24) is 10.2 Å². The van der Waals surface area contributed by atoms with Gasteiger partial charge in [0.2, 0.25) is 0 Å². The summed E-state index contributed by atoms with van der Waals surface area (Å²) in [5.74, 6) is 1.03. The third-order valence-electron chi connectivity index (χ3n) is 2.97. The normalized spacial score (nSPS) is 23.3. The Kier molecular flexibility index (Phi) is 5.26. The van der Waals surface area contributed by atoms with E-state index in [1.165, 1.54) is 6.42 Å². The van der Waals surface area contributed by atoms with Crippen LogP contribution in [0.1, 0.15) is 33.6 Å². The first-order valence-corrected chi connectivity index (χ1v) is 6.03. The molecule has 0 aromatic heterocycles. The van der Waals surface area contributed by atoms with Crippen LogP contribution in [0.4, 0.5) is 0 Å². The number of ketones is 1. The first kappa shape index (κ1) is 12.7. The third-order valence-corrected chi connectivity index (χ3v) is 2.97. The number of hydrogen-bond acceptors (Lipinski definition) is 3. The van der Waals surface area contributed by atoms with Crippen molar-refractivity contribution < 1.29 is 4.79 Å². The van der Waals surface area contributed by atoms with Crippen LogP contribution in [-0.2, 0) is 4.79 Å². The Bertz CT molecular complexity index is 204. The number of nitrogens with one attached hydrogen (secondary N) is 1. The molecule has 1 N–H and O–H groups in total. The largest absolute Gasteiger partial charge is 0.314 e. The standard InChI is InChI=1S/C12H24N2O/c1-10(2)8-12-9-13-5-7-14(12)6-4-11(3)15/h10,12-13H,4-9H2,1-3H3. The molecule has 3 nitrogen and oxygen atoms in total. The fraction of sp³-hybridized carbons (Fsp3) is 0.917. The van der Waals surface area contributed by atoms with Gasteiger partial charge in [-0.1, -0.05) is 13.8 Å². The number of carbonyl (C=O) groups is 1. The van der Waals surface area contributed by atoms with Crippen molar-refractivity contribution in [3.8, 4) is 0 Å². The molecule has 0 aromatic carbocycles. The SMILES string of the molecule is CC(=O)CCN1CCNCC1CC(C)C. The van der Waals surface area contributed by atoms with Crippen LogP contribution in [0.15, 0.2) is 0 Å². The van der Waals surface area contributed by atoms with Gasteiger partial charge in [-0.2, -0.15) is 0 Å². The lowest BCUT2D eigenvalue weighted by Gasteiger charge is -2.37. The molecule has 0 amide bonds. The van der Waals surface area contributed by atoms with E-state index in [0.717, 1.165) is 32.1 Å². The highest BCUT2D eigenvalue weighted by Crippen LogP contribution is 2.13. The van der Waals surface area contributed by atoms with Gasteiger partial charge in [-0.3, -0.25) is 9.69 Å². The second kappa shape index (κ2) is 6.23. The van der Waals surface area contributed by atoms with Crippen molar-refractivity contribution in [3.05, 3.63) is 0 Å². The van der Waals surface area contributed by atoms with Gasteiger partial charge in [-0.15, -0.1) is 0 Å². The summed E-state index contributed by atoms with van der Waals surface area (Å²) in [7, 11) is 0. The summed E-state index contributed by atoms with van der Waals surface area (Å²) >= 11 is 0. The van der Waals surface area contributed by atoms with Gasteiger partial charge in [0.1, 0.15) is 5.78 Å². The van der Waals surface area contributed by atoms with E-state index in [1.54, 1.807) is 6.92 Å². The predicted octanol–water partition coefficient (Wildman–Crippen LogP) is 1.29. The Morgan fingerprint density at radius 3 is 2.87 bits per heavy atom. The fourth-order valence-electron chi connectivity index (χ4n) is 2.17. The van der Waals surface area contributed by atoms with E-state index >= 15 is 0 Å². The van der Waals surface area contributed by atoms with Gasteiger partial charge < -0.3 is 5.32 Å². The molecule has 3 heteroatoms. The van der Waals surface area contributed by atoms with Crippen LogP contribution in [0.25, 0.3) is 0 Å². The third kappa shape index (κ3) is 4.76. The lowest BCUT2D eigenvalue weighted by atomic mass is 10.0. The van der Waals surface area contributed by atoms with Gasteiger partial charge in [-0.05, 0) is 19.3 Å². The summed E-state index contributed by atoms with van der Waals surface area (Å²) in [6, 6.07) is 0.623. The number of Topliss-reactive ketones (excluding diaryl/α,β-unsaturated/α-hetero) is 1. The van der Waals surface area contributed by atoms with E-state index in [9.17, 15) is 4.79 Å². The molecule has 0 saturated carbocycles. The van der Waals surface area contributed by atoms with Crippen LogP contribution in [0.3, 0.4) is 0 Å². The highest BCUT2D eigenvalue weighted by atomic mass is 16.1. The molecule has 15 heavy (non-hydrogen) atoms. The van der Waals surface area contributed by atoms with Crippen LogP contribution in [-0.4, -0.2) is 42.9 Å². The quantitative estimate of drug-likeness (QED) is 0.745. The lowest BCUT2D eigenvalue weighted by Crippen LogP contribution is -2.52. The second-order valence-electron chi connectivity index (χ2n) is 4.98. The molecule has 1 unspecified atom stereocenters. The summed E-state index contributed by atoms with van der Waals surface area (Å²) in [6.45, 7) is 10.4. The van der Waals surface area contributed by atoms with Crippen molar-refractivity contribution >= 4 is 5.78 Å². The Labute approximate surface area is 93.2 Å². The number of rotatable bonds is 5. The molecule has 0 spiro atoms. The summed E-state index contributed by atoms with van der Waals surface area (Å²) in [5, 5.41) is 3.43. The summed E-state index contributed by atoms with van der Waals surface area (Å²) in [5.41, 5.74) is 0. The minimum absolute atomic E-state index is 0.303. The summed E-state index contributed by atoms with van der Waals surface area (Å²) in [4.78, 5) is 13.4. The van der Waals surface area contributed by atoms with Crippen molar-refractivity contribution in [3.63, 3.8) is 0 Å². The van der Waals surface area contributed by atoms with Crippen molar-refractivity contribution in [2.75, 3.05) is 26.2 Å². The minimum Gasteiger partial charge on any atom is -0.314 e. The molecule has 0 aliphatic carbocycles. The zero-order valence-corrected chi connectivity index (χ0v) is 10.3. The number of piperazine rings is 1. The second-order valence-corrected chi connectivity index (χ2v) is 4.98. The van der Waals surface area contributed by atoms with Gasteiger partial charge in [-0.25, -0.2) is 0 Å². The minimum atomic E-state index is 0.303. The molecule has 1 fully saturated rings. The van der Waals surface area contributed by atoms with Crippen LogP contribution >= 0.6 is 0 Å². The highest BCUT2D eigenvalue weighted by molar-refractivity contribution is 5.75. The first-order valence-electron chi connectivity index (χ1n) is 6.03. The number of hydrogen-bond donors (Lipinski definition) is 1. The number of nitrogens with zero attached hydrogens (tertiary/aromatic N) is 1. The van der Waals surface area contributed by atoms with Gasteiger partial charge in [0.15, 0.2) is 0 Å². The molecule has 1 rings (SSSR count). The van der Waals surface area contributed by atoms with Crippen LogP contribution < -0.4 is 5.32 Å². The van der Waals surface area contributed by atoms with Crippen molar-refractivity contribution in [2.24, 2.45) is 5.92 Å². The van der Waals surface area contributed by atoms with E-state index in [4.69, 9.17) is 0 Å². The van der Waals surface area contributed by atoms with Crippen LogP contribution in [0, 0.1) is 5.92 Å². The maximum absolute atomic E-state index is 11.0. The van der Waals surface area contributed by atoms with Crippen LogP contribution in [0.5, 0.6) is 0 Å². The Morgan fingerprint density at radius 2 is 2.27 bits per heavy atom. The van der Waals surface area contributed by atoms with Crippen LogP contribution in [0.2, 0.25) is 0 Å². The lowest BCUT2D eigenvalue weighted by molar-refractivity contribution is -0.117. The zero-order valence-electron chi connectivity index (χ0n) is 10.3. The van der Waals surface area contributed by atoms with E-state index < -0.39 is 0 Å². The van der Waals surface area contributed by atoms with E-state index in [-0.39, 0.29) is 0 Å². The molecule has 1 aliphatic heterocycles. The summed E-state index contributed by atoms with van der Waals surface area (Å²) < 4.78 is 0. The van der Waals surface area contributed by atoms with Gasteiger partial charge in [0.25, 0.3) is 0 Å².